The number of aromatic nitrogens is 1. The minimum Gasteiger partial charge on any atom is -0.494 e. The second-order valence-electron chi connectivity index (χ2n) is 7.21. The fourth-order valence-corrected chi connectivity index (χ4v) is 4.39. The number of hydrogen-bond acceptors (Lipinski definition) is 5. The number of amides is 1. The number of aryl methyl sites for hydroxylation is 1. The third-order valence-corrected chi connectivity index (χ3v) is 5.93. The van der Waals surface area contributed by atoms with Gasteiger partial charge < -0.3 is 14.0 Å². The molecular formula is C24H28N2O4S. The molecule has 0 atom stereocenters. The number of unbranched alkanes of at least 4 members (excludes halogenated alkanes) is 1. The Morgan fingerprint density at radius 1 is 1.06 bits per heavy atom. The number of rotatable bonds is 9. The summed E-state index contributed by atoms with van der Waals surface area (Å²) in [4.78, 5) is 29.5. The molecule has 1 amide bonds. The van der Waals surface area contributed by atoms with Crippen LogP contribution in [-0.2, 0) is 33.7 Å². The van der Waals surface area contributed by atoms with Crippen LogP contribution in [0.4, 0.5) is 0 Å². The second-order valence-corrected chi connectivity index (χ2v) is 8.22. The molecule has 3 aromatic rings. The highest BCUT2D eigenvalue weighted by Crippen LogP contribution is 2.21. The van der Waals surface area contributed by atoms with Crippen LogP contribution in [0.3, 0.4) is 0 Å². The standard InChI is InChI=1S/C24H28N2O4S/c1-4-6-7-17-10-13-20-21(14-17)31-24(26(20)16-23(28)29-3)25-22(27)15-18-8-11-19(12-9-18)30-5-2/h8-14H,4-7,15-16H2,1-3H3. The summed E-state index contributed by atoms with van der Waals surface area (Å²) in [6.07, 6.45) is 3.44. The van der Waals surface area contributed by atoms with Gasteiger partial charge in [-0.2, -0.15) is 4.99 Å². The van der Waals surface area contributed by atoms with Crippen molar-refractivity contribution in [3.8, 4) is 5.75 Å². The van der Waals surface area contributed by atoms with Crippen LogP contribution in [-0.4, -0.2) is 30.2 Å². The smallest absolute Gasteiger partial charge is 0.325 e. The van der Waals surface area contributed by atoms with Crippen LogP contribution in [0.15, 0.2) is 47.5 Å². The number of carbonyl (C=O) groups excluding carboxylic acids is 2. The molecule has 0 aliphatic heterocycles. The summed E-state index contributed by atoms with van der Waals surface area (Å²) in [5.41, 5.74) is 2.98. The molecule has 0 aliphatic rings. The molecule has 0 fully saturated rings. The first kappa shape index (κ1) is 22.7. The maximum Gasteiger partial charge on any atom is 0.325 e. The van der Waals surface area contributed by atoms with Crippen LogP contribution in [0.1, 0.15) is 37.8 Å². The highest BCUT2D eigenvalue weighted by Gasteiger charge is 2.13. The van der Waals surface area contributed by atoms with Gasteiger partial charge in [-0.25, -0.2) is 0 Å². The lowest BCUT2D eigenvalue weighted by atomic mass is 10.1. The highest BCUT2D eigenvalue weighted by atomic mass is 32.1. The second kappa shape index (κ2) is 10.9. The van der Waals surface area contributed by atoms with Crippen molar-refractivity contribution >= 4 is 33.4 Å². The Hall–Kier alpha value is -2.93. The molecule has 0 saturated heterocycles. The van der Waals surface area contributed by atoms with Crippen molar-refractivity contribution in [2.24, 2.45) is 4.99 Å². The van der Waals surface area contributed by atoms with Crippen molar-refractivity contribution in [1.82, 2.24) is 4.57 Å². The monoisotopic (exact) mass is 440 g/mol. The number of thiazole rings is 1. The van der Waals surface area contributed by atoms with E-state index in [2.05, 4.69) is 24.0 Å². The van der Waals surface area contributed by atoms with E-state index in [-0.39, 0.29) is 24.8 Å². The fourth-order valence-electron chi connectivity index (χ4n) is 3.28. The van der Waals surface area contributed by atoms with Crippen molar-refractivity contribution in [3.63, 3.8) is 0 Å². The first-order chi connectivity index (χ1) is 15.0. The van der Waals surface area contributed by atoms with E-state index in [9.17, 15) is 9.59 Å². The normalized spacial score (nSPS) is 11.6. The van der Waals surface area contributed by atoms with Crippen LogP contribution in [0.25, 0.3) is 10.2 Å². The fraction of sp³-hybridized carbons (Fsp3) is 0.375. The quantitative estimate of drug-likeness (QED) is 0.466. The summed E-state index contributed by atoms with van der Waals surface area (Å²) in [6, 6.07) is 13.6. The van der Waals surface area contributed by atoms with Gasteiger partial charge >= 0.3 is 5.97 Å². The van der Waals surface area contributed by atoms with Gasteiger partial charge in [0.05, 0.1) is 30.4 Å². The Kier molecular flexibility index (Phi) is 8.00. The molecule has 3 rings (SSSR count). The lowest BCUT2D eigenvalue weighted by molar-refractivity contribution is -0.141. The van der Waals surface area contributed by atoms with Gasteiger partial charge in [0.25, 0.3) is 5.91 Å². The molecule has 31 heavy (non-hydrogen) atoms. The molecule has 0 radical (unpaired) electrons. The Labute approximate surface area is 186 Å². The summed E-state index contributed by atoms with van der Waals surface area (Å²) in [7, 11) is 1.36. The van der Waals surface area contributed by atoms with E-state index in [0.717, 1.165) is 40.8 Å². The van der Waals surface area contributed by atoms with E-state index < -0.39 is 0 Å². The van der Waals surface area contributed by atoms with Gasteiger partial charge in [-0.1, -0.05) is 42.9 Å². The lowest BCUT2D eigenvalue weighted by Gasteiger charge is -2.05. The van der Waals surface area contributed by atoms with Gasteiger partial charge in [0, 0.05) is 0 Å². The summed E-state index contributed by atoms with van der Waals surface area (Å²) in [5.74, 6) is 0.130. The van der Waals surface area contributed by atoms with E-state index in [0.29, 0.717) is 11.4 Å². The number of fused-ring (bicyclic) bond motifs is 1. The predicted molar refractivity (Wildman–Crippen MR) is 122 cm³/mol. The molecule has 164 valence electrons. The highest BCUT2D eigenvalue weighted by molar-refractivity contribution is 7.16. The number of carbonyl (C=O) groups is 2. The first-order valence-electron chi connectivity index (χ1n) is 10.5. The zero-order valence-corrected chi connectivity index (χ0v) is 19.0. The minimum absolute atomic E-state index is 0.0139. The topological polar surface area (TPSA) is 69.9 Å². The Bertz CT molecular complexity index is 1110. The predicted octanol–water partition coefficient (Wildman–Crippen LogP) is 4.29. The number of benzene rings is 2. The molecular weight excluding hydrogens is 412 g/mol. The minimum atomic E-state index is -0.379. The molecule has 7 heteroatoms. The lowest BCUT2D eigenvalue weighted by Crippen LogP contribution is -2.22. The average Bonchev–Trinajstić information content (AvgIpc) is 3.09. The van der Waals surface area contributed by atoms with Crippen LogP contribution in [0.2, 0.25) is 0 Å². The van der Waals surface area contributed by atoms with Gasteiger partial charge in [0.2, 0.25) is 0 Å². The third-order valence-electron chi connectivity index (χ3n) is 4.89. The molecule has 0 aliphatic carbocycles. The van der Waals surface area contributed by atoms with Crippen molar-refractivity contribution in [2.75, 3.05) is 13.7 Å². The van der Waals surface area contributed by atoms with E-state index in [1.165, 1.54) is 24.0 Å². The molecule has 0 saturated carbocycles. The van der Waals surface area contributed by atoms with Gasteiger partial charge in [-0.3, -0.25) is 9.59 Å². The Morgan fingerprint density at radius 3 is 2.48 bits per heavy atom. The Morgan fingerprint density at radius 2 is 1.81 bits per heavy atom. The van der Waals surface area contributed by atoms with Crippen LogP contribution in [0, 0.1) is 0 Å². The molecule has 1 aromatic heterocycles. The van der Waals surface area contributed by atoms with Gasteiger partial charge in [0.15, 0.2) is 4.80 Å². The average molecular weight is 441 g/mol. The summed E-state index contributed by atoms with van der Waals surface area (Å²) in [6.45, 7) is 4.71. The summed E-state index contributed by atoms with van der Waals surface area (Å²) >= 11 is 1.42. The molecule has 0 spiro atoms. The maximum atomic E-state index is 12.7. The zero-order chi connectivity index (χ0) is 22.2. The zero-order valence-electron chi connectivity index (χ0n) is 18.2. The van der Waals surface area contributed by atoms with Crippen LogP contribution in [0.5, 0.6) is 5.75 Å². The van der Waals surface area contributed by atoms with Crippen LogP contribution < -0.4 is 9.54 Å². The van der Waals surface area contributed by atoms with Gasteiger partial charge in [-0.05, 0) is 55.2 Å². The molecule has 1 heterocycles. The number of nitrogens with zero attached hydrogens (tertiary/aromatic N) is 2. The van der Waals surface area contributed by atoms with Crippen molar-refractivity contribution in [1.29, 1.82) is 0 Å². The maximum absolute atomic E-state index is 12.7. The van der Waals surface area contributed by atoms with Crippen molar-refractivity contribution in [3.05, 3.63) is 58.4 Å². The summed E-state index contributed by atoms with van der Waals surface area (Å²) in [5, 5.41) is 0. The van der Waals surface area contributed by atoms with Crippen molar-refractivity contribution < 1.29 is 19.1 Å². The van der Waals surface area contributed by atoms with E-state index in [1.54, 1.807) is 4.57 Å². The third kappa shape index (κ3) is 6.04. The molecule has 0 unspecified atom stereocenters. The van der Waals surface area contributed by atoms with Crippen molar-refractivity contribution in [2.45, 2.75) is 46.1 Å². The SMILES string of the molecule is CCCCc1ccc2c(c1)sc(=NC(=O)Cc1ccc(OCC)cc1)n2CC(=O)OC. The number of hydrogen-bond donors (Lipinski definition) is 0. The molecule has 6 nitrogen and oxygen atoms in total. The van der Waals surface area contributed by atoms with E-state index in [4.69, 9.17) is 9.47 Å². The van der Waals surface area contributed by atoms with Crippen LogP contribution >= 0.6 is 11.3 Å². The molecule has 2 aromatic carbocycles. The Balaban J connectivity index is 1.91. The number of ether oxygens (including phenoxy) is 2. The summed E-state index contributed by atoms with van der Waals surface area (Å²) < 4.78 is 13.0. The van der Waals surface area contributed by atoms with E-state index >= 15 is 0 Å². The van der Waals surface area contributed by atoms with E-state index in [1.807, 2.05) is 37.3 Å². The largest absolute Gasteiger partial charge is 0.494 e. The van der Waals surface area contributed by atoms with Gasteiger partial charge in [0.1, 0.15) is 12.3 Å². The van der Waals surface area contributed by atoms with Gasteiger partial charge in [-0.15, -0.1) is 0 Å². The molecule has 0 N–H and O–H groups in total. The number of esters is 1. The number of methoxy groups -OCH3 is 1. The first-order valence-corrected chi connectivity index (χ1v) is 11.3. The molecule has 0 bridgehead atoms.